The Labute approximate surface area is 145 Å². The number of benzene rings is 1. The van der Waals surface area contributed by atoms with Crippen LogP contribution in [-0.4, -0.2) is 29.5 Å². The van der Waals surface area contributed by atoms with Gasteiger partial charge in [0.05, 0.1) is 6.10 Å². The number of aryl methyl sites for hydroxylation is 1. The van der Waals surface area contributed by atoms with Crippen LogP contribution >= 0.6 is 0 Å². The van der Waals surface area contributed by atoms with Gasteiger partial charge in [-0.05, 0) is 91.4 Å². The molecule has 0 spiro atoms. The molecule has 2 saturated carbocycles. The van der Waals surface area contributed by atoms with Crippen LogP contribution in [-0.2, 0) is 11.2 Å². The van der Waals surface area contributed by atoms with E-state index in [-0.39, 0.29) is 6.61 Å². The van der Waals surface area contributed by atoms with Gasteiger partial charge in [-0.1, -0.05) is 13.0 Å². The monoisotopic (exact) mass is 330 g/mol. The molecule has 3 aliphatic rings. The van der Waals surface area contributed by atoms with E-state index < -0.39 is 0 Å². The molecule has 2 N–H and O–H groups in total. The van der Waals surface area contributed by atoms with E-state index >= 15 is 0 Å². The predicted octanol–water partition coefficient (Wildman–Crippen LogP) is 4.02. The standard InChI is InChI=1S/C21H30O3/c1-21-10-9-17-16-6-4-15(23)13-14(16)3-5-18(17)19(21)7-8-20(21)24-12-2-11-22/h4,6,13,17-20,22-23H,2-3,5,7-12H2,1H3. The maximum absolute atomic E-state index is 9.78. The zero-order valence-corrected chi connectivity index (χ0v) is 14.7. The minimum absolute atomic E-state index is 0.223. The Morgan fingerprint density at radius 3 is 2.92 bits per heavy atom. The number of aliphatic hydroxyl groups is 1. The van der Waals surface area contributed by atoms with E-state index in [1.54, 1.807) is 0 Å². The maximum atomic E-state index is 9.78. The van der Waals surface area contributed by atoms with Crippen LogP contribution in [0.1, 0.15) is 62.5 Å². The Balaban J connectivity index is 1.54. The summed E-state index contributed by atoms with van der Waals surface area (Å²) in [5.74, 6) is 2.61. The molecule has 132 valence electrons. The van der Waals surface area contributed by atoms with Crippen LogP contribution in [0.25, 0.3) is 0 Å². The summed E-state index contributed by atoms with van der Waals surface area (Å²) in [6, 6.07) is 6.02. The molecule has 2 fully saturated rings. The number of phenols is 1. The second-order valence-electron chi connectivity index (χ2n) is 8.36. The van der Waals surface area contributed by atoms with Crippen molar-refractivity contribution in [2.75, 3.05) is 13.2 Å². The number of phenolic OH excluding ortho intramolecular Hbond substituents is 1. The van der Waals surface area contributed by atoms with Gasteiger partial charge in [0.2, 0.25) is 0 Å². The Morgan fingerprint density at radius 2 is 2.08 bits per heavy atom. The Morgan fingerprint density at radius 1 is 1.21 bits per heavy atom. The molecule has 1 aromatic rings. The van der Waals surface area contributed by atoms with E-state index in [4.69, 9.17) is 9.84 Å². The van der Waals surface area contributed by atoms with Crippen LogP contribution in [0.4, 0.5) is 0 Å². The second-order valence-corrected chi connectivity index (χ2v) is 8.36. The molecular formula is C21H30O3. The highest BCUT2D eigenvalue weighted by atomic mass is 16.5. The summed E-state index contributed by atoms with van der Waals surface area (Å²) < 4.78 is 6.19. The lowest BCUT2D eigenvalue weighted by atomic mass is 9.55. The van der Waals surface area contributed by atoms with Crippen molar-refractivity contribution >= 4 is 0 Å². The maximum Gasteiger partial charge on any atom is 0.115 e. The molecule has 0 radical (unpaired) electrons. The van der Waals surface area contributed by atoms with Gasteiger partial charge in [-0.2, -0.15) is 0 Å². The molecule has 0 aromatic heterocycles. The first kappa shape index (κ1) is 16.4. The Bertz CT molecular complexity index is 599. The van der Waals surface area contributed by atoms with Crippen LogP contribution in [0.15, 0.2) is 18.2 Å². The van der Waals surface area contributed by atoms with Crippen LogP contribution in [0.3, 0.4) is 0 Å². The van der Waals surface area contributed by atoms with E-state index in [9.17, 15) is 5.11 Å². The van der Waals surface area contributed by atoms with Crippen molar-refractivity contribution < 1.29 is 14.9 Å². The van der Waals surface area contributed by atoms with Crippen molar-refractivity contribution in [1.82, 2.24) is 0 Å². The number of hydrogen-bond acceptors (Lipinski definition) is 3. The first-order valence-electron chi connectivity index (χ1n) is 9.68. The number of aromatic hydroxyl groups is 1. The lowest BCUT2D eigenvalue weighted by Gasteiger charge is -2.50. The quantitative estimate of drug-likeness (QED) is 0.820. The zero-order valence-electron chi connectivity index (χ0n) is 14.7. The summed E-state index contributed by atoms with van der Waals surface area (Å²) in [4.78, 5) is 0. The molecule has 3 heteroatoms. The smallest absolute Gasteiger partial charge is 0.115 e. The van der Waals surface area contributed by atoms with Gasteiger partial charge < -0.3 is 14.9 Å². The first-order valence-corrected chi connectivity index (χ1v) is 9.68. The van der Waals surface area contributed by atoms with Crippen LogP contribution in [0, 0.1) is 17.3 Å². The first-order chi connectivity index (χ1) is 11.6. The fourth-order valence-electron chi connectivity index (χ4n) is 6.08. The predicted molar refractivity (Wildman–Crippen MR) is 94.2 cm³/mol. The molecular weight excluding hydrogens is 300 g/mol. The molecule has 3 nitrogen and oxygen atoms in total. The topological polar surface area (TPSA) is 49.7 Å². The van der Waals surface area contributed by atoms with Crippen LogP contribution in [0.2, 0.25) is 0 Å². The summed E-state index contributed by atoms with van der Waals surface area (Å²) in [5.41, 5.74) is 3.18. The molecule has 0 saturated heterocycles. The summed E-state index contributed by atoms with van der Waals surface area (Å²) >= 11 is 0. The molecule has 0 bridgehead atoms. The average Bonchev–Trinajstić information content (AvgIpc) is 2.91. The lowest BCUT2D eigenvalue weighted by Crippen LogP contribution is -2.44. The van der Waals surface area contributed by atoms with Gasteiger partial charge in [0, 0.05) is 13.2 Å². The van der Waals surface area contributed by atoms with E-state index in [1.807, 2.05) is 12.1 Å². The second kappa shape index (κ2) is 6.34. The highest BCUT2D eigenvalue weighted by Gasteiger charge is 2.55. The van der Waals surface area contributed by atoms with E-state index in [2.05, 4.69) is 13.0 Å². The number of aliphatic hydroxyl groups excluding tert-OH is 1. The fourth-order valence-corrected chi connectivity index (χ4v) is 6.08. The SMILES string of the molecule is CC12CCC3c4ccc(O)cc4CCC3C1CCC2OCCCO. The molecule has 4 rings (SSSR count). The van der Waals surface area contributed by atoms with Crippen molar-refractivity contribution in [2.24, 2.45) is 17.3 Å². The van der Waals surface area contributed by atoms with Crippen molar-refractivity contribution in [1.29, 1.82) is 0 Å². The molecule has 0 aliphatic heterocycles. The average molecular weight is 330 g/mol. The van der Waals surface area contributed by atoms with Gasteiger partial charge in [-0.15, -0.1) is 0 Å². The normalized spacial score (nSPS) is 37.6. The van der Waals surface area contributed by atoms with Crippen molar-refractivity contribution in [2.45, 2.75) is 63.9 Å². The Kier molecular flexibility index (Phi) is 4.34. The van der Waals surface area contributed by atoms with E-state index in [0.29, 0.717) is 29.8 Å². The van der Waals surface area contributed by atoms with E-state index in [1.165, 1.54) is 43.2 Å². The highest BCUT2D eigenvalue weighted by molar-refractivity contribution is 5.40. The van der Waals surface area contributed by atoms with Crippen molar-refractivity contribution in [3.05, 3.63) is 29.3 Å². The molecule has 5 unspecified atom stereocenters. The molecule has 0 amide bonds. The van der Waals surface area contributed by atoms with Gasteiger partial charge in [-0.3, -0.25) is 0 Å². The molecule has 5 atom stereocenters. The minimum atomic E-state index is 0.223. The minimum Gasteiger partial charge on any atom is -0.508 e. The number of hydrogen-bond donors (Lipinski definition) is 2. The number of rotatable bonds is 4. The zero-order chi connectivity index (χ0) is 16.7. The third kappa shape index (κ3) is 2.57. The third-order valence-electron chi connectivity index (χ3n) is 7.24. The summed E-state index contributed by atoms with van der Waals surface area (Å²) in [5, 5.41) is 18.8. The summed E-state index contributed by atoms with van der Waals surface area (Å²) in [6.07, 6.45) is 8.43. The van der Waals surface area contributed by atoms with Gasteiger partial charge in [0.25, 0.3) is 0 Å². The van der Waals surface area contributed by atoms with Gasteiger partial charge in [0.1, 0.15) is 5.75 Å². The van der Waals surface area contributed by atoms with Gasteiger partial charge in [0.15, 0.2) is 0 Å². The Hall–Kier alpha value is -1.06. The molecule has 0 heterocycles. The third-order valence-corrected chi connectivity index (χ3v) is 7.24. The van der Waals surface area contributed by atoms with Crippen LogP contribution < -0.4 is 0 Å². The largest absolute Gasteiger partial charge is 0.508 e. The van der Waals surface area contributed by atoms with Crippen LogP contribution in [0.5, 0.6) is 5.75 Å². The van der Waals surface area contributed by atoms with Gasteiger partial charge >= 0.3 is 0 Å². The van der Waals surface area contributed by atoms with Gasteiger partial charge in [-0.25, -0.2) is 0 Å². The molecule has 3 aliphatic carbocycles. The number of ether oxygens (including phenoxy) is 1. The lowest BCUT2D eigenvalue weighted by molar-refractivity contribution is -0.0661. The molecule has 1 aromatic carbocycles. The molecule has 24 heavy (non-hydrogen) atoms. The highest BCUT2D eigenvalue weighted by Crippen LogP contribution is 2.61. The number of fused-ring (bicyclic) bond motifs is 5. The summed E-state index contributed by atoms with van der Waals surface area (Å²) in [6.45, 7) is 3.37. The van der Waals surface area contributed by atoms with Crippen molar-refractivity contribution in [3.63, 3.8) is 0 Å². The van der Waals surface area contributed by atoms with E-state index in [0.717, 1.165) is 24.7 Å². The fraction of sp³-hybridized carbons (Fsp3) is 0.714. The summed E-state index contributed by atoms with van der Waals surface area (Å²) in [7, 11) is 0. The van der Waals surface area contributed by atoms with Crippen molar-refractivity contribution in [3.8, 4) is 5.75 Å².